The molecule has 4 nitrogen and oxygen atoms in total. The van der Waals surface area contributed by atoms with Gasteiger partial charge in [0.2, 0.25) is 5.91 Å². The quantitative estimate of drug-likeness (QED) is 0.848. The number of aryl methyl sites for hydroxylation is 1. The van der Waals surface area contributed by atoms with Gasteiger partial charge in [0.1, 0.15) is 0 Å². The highest BCUT2D eigenvalue weighted by Crippen LogP contribution is 2.23. The number of nitrogens with one attached hydrogen (secondary N) is 2. The Balaban J connectivity index is 1.48. The Morgan fingerprint density at radius 2 is 1.91 bits per heavy atom. The fraction of sp³-hybridized carbons (Fsp3) is 0.632. The van der Waals surface area contributed by atoms with E-state index in [1.165, 1.54) is 24.0 Å². The zero-order chi connectivity index (χ0) is 16.4. The van der Waals surface area contributed by atoms with Gasteiger partial charge in [-0.2, -0.15) is 0 Å². The summed E-state index contributed by atoms with van der Waals surface area (Å²) in [6.07, 6.45) is 8.15. The number of hydrogen-bond acceptors (Lipinski definition) is 2. The molecule has 3 rings (SSSR count). The van der Waals surface area contributed by atoms with Gasteiger partial charge < -0.3 is 15.2 Å². The predicted octanol–water partition coefficient (Wildman–Crippen LogP) is 2.95. The average molecular weight is 315 g/mol. The maximum atomic E-state index is 12.5. The van der Waals surface area contributed by atoms with Gasteiger partial charge in [-0.15, -0.1) is 0 Å². The van der Waals surface area contributed by atoms with Crippen LogP contribution < -0.4 is 5.32 Å². The van der Waals surface area contributed by atoms with E-state index in [1.54, 1.807) is 0 Å². The molecule has 126 valence electrons. The van der Waals surface area contributed by atoms with Crippen molar-refractivity contribution in [1.82, 2.24) is 15.2 Å². The molecule has 4 heteroatoms. The van der Waals surface area contributed by atoms with E-state index in [1.807, 2.05) is 6.08 Å². The van der Waals surface area contributed by atoms with Gasteiger partial charge in [-0.3, -0.25) is 4.79 Å². The lowest BCUT2D eigenvalue weighted by atomic mass is 10.0. The number of aromatic nitrogens is 1. The predicted molar refractivity (Wildman–Crippen MR) is 94.4 cm³/mol. The lowest BCUT2D eigenvalue weighted by molar-refractivity contribution is -0.132. The molecular weight excluding hydrogens is 286 g/mol. The number of carbonyl (C=O) groups excluding carboxylic acids is 1. The first-order valence-electron chi connectivity index (χ1n) is 8.92. The summed E-state index contributed by atoms with van der Waals surface area (Å²) < 4.78 is 0. The highest BCUT2D eigenvalue weighted by Gasteiger charge is 2.28. The monoisotopic (exact) mass is 315 g/mol. The van der Waals surface area contributed by atoms with Crippen molar-refractivity contribution in [3.63, 3.8) is 0 Å². The van der Waals surface area contributed by atoms with E-state index in [0.717, 1.165) is 49.8 Å². The summed E-state index contributed by atoms with van der Waals surface area (Å²) in [4.78, 5) is 17.9. The van der Waals surface area contributed by atoms with Crippen LogP contribution in [0.5, 0.6) is 0 Å². The van der Waals surface area contributed by atoms with Gasteiger partial charge >= 0.3 is 0 Å². The van der Waals surface area contributed by atoms with E-state index in [4.69, 9.17) is 0 Å². The van der Waals surface area contributed by atoms with Crippen LogP contribution in [0.1, 0.15) is 54.6 Å². The van der Waals surface area contributed by atoms with Crippen LogP contribution in [-0.2, 0) is 11.2 Å². The number of H-pyrrole nitrogens is 1. The summed E-state index contributed by atoms with van der Waals surface area (Å²) in [6.45, 7) is 9.84. The first-order valence-corrected chi connectivity index (χ1v) is 8.92. The summed E-state index contributed by atoms with van der Waals surface area (Å²) in [7, 11) is 0. The van der Waals surface area contributed by atoms with Crippen LogP contribution in [0.25, 0.3) is 6.08 Å². The first kappa shape index (κ1) is 16.3. The molecule has 0 unspecified atom stereocenters. The Bertz CT molecular complexity index is 578. The van der Waals surface area contributed by atoms with Crippen molar-refractivity contribution in [2.75, 3.05) is 13.1 Å². The highest BCUT2D eigenvalue weighted by molar-refractivity contribution is 5.76. The second-order valence-corrected chi connectivity index (χ2v) is 7.07. The molecule has 0 radical (unpaired) electrons. The molecule has 1 saturated carbocycles. The zero-order valence-corrected chi connectivity index (χ0v) is 14.5. The van der Waals surface area contributed by atoms with Gasteiger partial charge in [0.25, 0.3) is 0 Å². The molecule has 1 aliphatic heterocycles. The number of nitrogens with zero attached hydrogens (tertiary/aromatic N) is 1. The molecule has 2 heterocycles. The number of amides is 1. The van der Waals surface area contributed by atoms with E-state index in [9.17, 15) is 4.79 Å². The standard InChI is InChI=1S/C19H29N3O/c1-4-18-13(2)17(14(3)20-18)7-8-19(23)22-11-9-16(10-12-22)21-15-5-6-15/h4,15-16,20-21H,1,5-12H2,2-3H3. The summed E-state index contributed by atoms with van der Waals surface area (Å²) in [6, 6.07) is 1.39. The number of piperidine rings is 1. The number of carbonyl (C=O) groups is 1. The maximum Gasteiger partial charge on any atom is 0.222 e. The van der Waals surface area contributed by atoms with Crippen molar-refractivity contribution in [2.45, 2.75) is 64.5 Å². The smallest absolute Gasteiger partial charge is 0.222 e. The average Bonchev–Trinajstić information content (AvgIpc) is 3.32. The summed E-state index contributed by atoms with van der Waals surface area (Å²) in [5, 5.41) is 3.68. The van der Waals surface area contributed by atoms with Gasteiger partial charge in [-0.1, -0.05) is 6.58 Å². The lowest BCUT2D eigenvalue weighted by Crippen LogP contribution is -2.45. The van der Waals surface area contributed by atoms with Crippen LogP contribution >= 0.6 is 0 Å². The molecule has 0 aromatic carbocycles. The zero-order valence-electron chi connectivity index (χ0n) is 14.5. The number of rotatable bonds is 6. The molecule has 1 amide bonds. The molecule has 23 heavy (non-hydrogen) atoms. The van der Waals surface area contributed by atoms with Crippen molar-refractivity contribution >= 4 is 12.0 Å². The third kappa shape index (κ3) is 3.86. The second kappa shape index (κ2) is 6.91. The van der Waals surface area contributed by atoms with Crippen LogP contribution in [0.15, 0.2) is 6.58 Å². The fourth-order valence-electron chi connectivity index (χ4n) is 3.66. The van der Waals surface area contributed by atoms with E-state index >= 15 is 0 Å². The van der Waals surface area contributed by atoms with Crippen molar-refractivity contribution in [2.24, 2.45) is 0 Å². The van der Waals surface area contributed by atoms with Gasteiger partial charge in [0, 0.05) is 43.0 Å². The Hall–Kier alpha value is -1.55. The molecule has 0 atom stereocenters. The second-order valence-electron chi connectivity index (χ2n) is 7.07. The minimum Gasteiger partial charge on any atom is -0.359 e. The third-order valence-electron chi connectivity index (χ3n) is 5.32. The van der Waals surface area contributed by atoms with Crippen molar-refractivity contribution in [3.05, 3.63) is 29.1 Å². The molecule has 1 aromatic heterocycles. The molecule has 2 fully saturated rings. The number of hydrogen-bond donors (Lipinski definition) is 2. The SMILES string of the molecule is C=Cc1[nH]c(C)c(CCC(=O)N2CCC(NC3CC3)CC2)c1C. The highest BCUT2D eigenvalue weighted by atomic mass is 16.2. The summed E-state index contributed by atoms with van der Waals surface area (Å²) in [5.74, 6) is 0.301. The van der Waals surface area contributed by atoms with Crippen LogP contribution in [0.3, 0.4) is 0 Å². The van der Waals surface area contributed by atoms with Gasteiger partial charge in [0.15, 0.2) is 0 Å². The van der Waals surface area contributed by atoms with E-state index in [-0.39, 0.29) is 0 Å². The lowest BCUT2D eigenvalue weighted by Gasteiger charge is -2.32. The van der Waals surface area contributed by atoms with Gasteiger partial charge in [0.05, 0.1) is 0 Å². The van der Waals surface area contributed by atoms with Crippen molar-refractivity contribution < 1.29 is 4.79 Å². The van der Waals surface area contributed by atoms with Crippen molar-refractivity contribution in [3.8, 4) is 0 Å². The van der Waals surface area contributed by atoms with Gasteiger partial charge in [-0.05, 0) is 63.2 Å². The molecule has 2 N–H and O–H groups in total. The summed E-state index contributed by atoms with van der Waals surface area (Å²) >= 11 is 0. The first-order chi connectivity index (χ1) is 11.1. The molecule has 0 bridgehead atoms. The van der Waals surface area contributed by atoms with Crippen molar-refractivity contribution in [1.29, 1.82) is 0 Å². The molecule has 1 saturated heterocycles. The van der Waals surface area contributed by atoms with E-state index in [2.05, 4.69) is 35.6 Å². The minimum absolute atomic E-state index is 0.301. The summed E-state index contributed by atoms with van der Waals surface area (Å²) in [5.41, 5.74) is 4.76. The molecule has 1 aromatic rings. The number of likely N-dealkylation sites (tertiary alicyclic amines) is 1. The normalized spacial score (nSPS) is 19.1. The molecule has 0 spiro atoms. The minimum atomic E-state index is 0.301. The molecule has 1 aliphatic carbocycles. The van der Waals surface area contributed by atoms with Gasteiger partial charge in [-0.25, -0.2) is 0 Å². The Kier molecular flexibility index (Phi) is 4.90. The topological polar surface area (TPSA) is 48.1 Å². The largest absolute Gasteiger partial charge is 0.359 e. The fourth-order valence-corrected chi connectivity index (χ4v) is 3.66. The maximum absolute atomic E-state index is 12.5. The Morgan fingerprint density at radius 1 is 1.26 bits per heavy atom. The number of aromatic amines is 1. The van der Waals surface area contributed by atoms with E-state index < -0.39 is 0 Å². The Labute approximate surface area is 139 Å². The van der Waals surface area contributed by atoms with Crippen LogP contribution in [0, 0.1) is 13.8 Å². The van der Waals surface area contributed by atoms with Crippen LogP contribution in [-0.4, -0.2) is 41.0 Å². The molecule has 2 aliphatic rings. The molecular formula is C19H29N3O. The van der Waals surface area contributed by atoms with Crippen LogP contribution in [0.4, 0.5) is 0 Å². The third-order valence-corrected chi connectivity index (χ3v) is 5.32. The Morgan fingerprint density at radius 3 is 2.48 bits per heavy atom. The van der Waals surface area contributed by atoms with E-state index in [0.29, 0.717) is 18.4 Å². The van der Waals surface area contributed by atoms with Crippen LogP contribution in [0.2, 0.25) is 0 Å².